The van der Waals surface area contributed by atoms with Crippen LogP contribution in [-0.2, 0) is 18.7 Å². The fraction of sp³-hybridized carbons (Fsp3) is 0.538. The number of hydrogen-bond acceptors (Lipinski definition) is 6. The average Bonchev–Trinajstić information content (AvgIpc) is 3.02. The van der Waals surface area contributed by atoms with Crippen LogP contribution in [0.25, 0.3) is 0 Å². The van der Waals surface area contributed by atoms with Crippen LogP contribution in [0.15, 0.2) is 16.5 Å². The van der Waals surface area contributed by atoms with E-state index in [2.05, 4.69) is 29.4 Å². The van der Waals surface area contributed by atoms with E-state index < -0.39 is 5.76 Å². The number of nitrogens with zero attached hydrogens (tertiary/aromatic N) is 2. The van der Waals surface area contributed by atoms with Gasteiger partial charge in [0.2, 0.25) is 5.13 Å². The van der Waals surface area contributed by atoms with Gasteiger partial charge in [0.15, 0.2) is 0 Å². The highest BCUT2D eigenvalue weighted by Gasteiger charge is 2.09. The summed E-state index contributed by atoms with van der Waals surface area (Å²) in [5.41, 5.74) is 0. The van der Waals surface area contributed by atoms with E-state index in [1.807, 2.05) is 0 Å². The summed E-state index contributed by atoms with van der Waals surface area (Å²) >= 11 is 2.08. The standard InChI is InChI=1S/C13H17F2N3OS2/c1-8(2)5-11-17-18-13(21-11)16-6-9-3-4-10(19-9)7-20-12(14)15/h3-4,8,12H,5-7H2,1-2H3,(H,16,18). The number of halogens is 2. The molecule has 0 saturated heterocycles. The van der Waals surface area contributed by atoms with E-state index in [1.54, 1.807) is 12.1 Å². The lowest BCUT2D eigenvalue weighted by Crippen LogP contribution is -1.97. The summed E-state index contributed by atoms with van der Waals surface area (Å²) < 4.78 is 29.6. The Labute approximate surface area is 130 Å². The first-order chi connectivity index (χ1) is 10.0. The molecule has 0 aliphatic rings. The molecule has 0 spiro atoms. The van der Waals surface area contributed by atoms with Gasteiger partial charge in [-0.3, -0.25) is 0 Å². The minimum Gasteiger partial charge on any atom is -0.463 e. The first-order valence-electron chi connectivity index (χ1n) is 6.56. The fourth-order valence-electron chi connectivity index (χ4n) is 1.66. The van der Waals surface area contributed by atoms with Crippen LogP contribution in [0.4, 0.5) is 13.9 Å². The molecule has 0 saturated carbocycles. The lowest BCUT2D eigenvalue weighted by Gasteiger charge is -1.99. The lowest BCUT2D eigenvalue weighted by atomic mass is 10.1. The van der Waals surface area contributed by atoms with Gasteiger partial charge in [0, 0.05) is 6.42 Å². The van der Waals surface area contributed by atoms with Crippen molar-refractivity contribution < 1.29 is 13.2 Å². The maximum Gasteiger partial charge on any atom is 0.284 e. The summed E-state index contributed by atoms with van der Waals surface area (Å²) in [5, 5.41) is 13.0. The van der Waals surface area contributed by atoms with Gasteiger partial charge in [0.05, 0.1) is 12.3 Å². The maximum atomic E-state index is 12.1. The van der Waals surface area contributed by atoms with E-state index in [0.717, 1.165) is 16.6 Å². The Morgan fingerprint density at radius 1 is 1.29 bits per heavy atom. The summed E-state index contributed by atoms with van der Waals surface area (Å²) in [5.74, 6) is -0.409. The third kappa shape index (κ3) is 5.62. The van der Waals surface area contributed by atoms with Crippen LogP contribution in [0.5, 0.6) is 0 Å². The second kappa shape index (κ2) is 7.74. The van der Waals surface area contributed by atoms with Gasteiger partial charge < -0.3 is 9.73 Å². The molecule has 2 aromatic heterocycles. The molecule has 0 unspecified atom stereocenters. The number of anilines is 1. The summed E-state index contributed by atoms with van der Waals surface area (Å²) in [6.45, 7) is 4.74. The molecule has 21 heavy (non-hydrogen) atoms. The minimum atomic E-state index is -2.38. The molecule has 4 nitrogen and oxygen atoms in total. The molecule has 0 radical (unpaired) electrons. The maximum absolute atomic E-state index is 12.1. The van der Waals surface area contributed by atoms with Crippen LogP contribution < -0.4 is 5.32 Å². The Balaban J connectivity index is 1.81. The molecule has 116 valence electrons. The van der Waals surface area contributed by atoms with E-state index in [1.165, 1.54) is 11.3 Å². The Hall–Kier alpha value is -1.15. The average molecular weight is 333 g/mol. The third-order valence-electron chi connectivity index (χ3n) is 2.53. The van der Waals surface area contributed by atoms with E-state index in [0.29, 0.717) is 35.7 Å². The molecule has 1 N–H and O–H groups in total. The molecule has 2 aromatic rings. The van der Waals surface area contributed by atoms with E-state index in [-0.39, 0.29) is 5.75 Å². The number of nitrogens with one attached hydrogen (secondary N) is 1. The third-order valence-corrected chi connectivity index (χ3v) is 4.14. The summed E-state index contributed by atoms with van der Waals surface area (Å²) in [6.07, 6.45) is 0.912. The monoisotopic (exact) mass is 333 g/mol. The van der Waals surface area contributed by atoms with Crippen molar-refractivity contribution in [1.82, 2.24) is 10.2 Å². The molecule has 0 aliphatic carbocycles. The Kier molecular flexibility index (Phi) is 5.98. The SMILES string of the molecule is CC(C)Cc1nnc(NCc2ccc(CSC(F)F)o2)s1. The Morgan fingerprint density at radius 3 is 2.76 bits per heavy atom. The number of aromatic nitrogens is 2. The fourth-order valence-corrected chi connectivity index (χ4v) is 3.05. The second-order valence-electron chi connectivity index (χ2n) is 4.89. The number of furan rings is 1. The van der Waals surface area contributed by atoms with Gasteiger partial charge in [-0.2, -0.15) is 8.78 Å². The van der Waals surface area contributed by atoms with Crippen LogP contribution in [0.1, 0.15) is 30.4 Å². The second-order valence-corrected chi connectivity index (χ2v) is 6.93. The van der Waals surface area contributed by atoms with Gasteiger partial charge in [-0.1, -0.05) is 36.9 Å². The van der Waals surface area contributed by atoms with Crippen molar-refractivity contribution in [2.75, 3.05) is 5.32 Å². The predicted octanol–water partition coefficient (Wildman–Crippen LogP) is 4.40. The molecular formula is C13H17F2N3OS2. The molecule has 0 amide bonds. The molecule has 0 bridgehead atoms. The van der Waals surface area contributed by atoms with Gasteiger partial charge in [-0.15, -0.1) is 10.2 Å². The van der Waals surface area contributed by atoms with E-state index in [9.17, 15) is 8.78 Å². The first kappa shape index (κ1) is 16.2. The van der Waals surface area contributed by atoms with Crippen molar-refractivity contribution in [3.63, 3.8) is 0 Å². The zero-order valence-electron chi connectivity index (χ0n) is 11.8. The van der Waals surface area contributed by atoms with Crippen molar-refractivity contribution in [3.05, 3.63) is 28.7 Å². The number of hydrogen-bond donors (Lipinski definition) is 1. The minimum absolute atomic E-state index is 0.176. The molecule has 0 aromatic carbocycles. The smallest absolute Gasteiger partial charge is 0.284 e. The Morgan fingerprint density at radius 2 is 2.05 bits per heavy atom. The zero-order valence-corrected chi connectivity index (χ0v) is 13.4. The molecular weight excluding hydrogens is 316 g/mol. The number of rotatable bonds is 8. The van der Waals surface area contributed by atoms with Crippen LogP contribution in [-0.4, -0.2) is 16.0 Å². The Bertz CT molecular complexity index is 557. The largest absolute Gasteiger partial charge is 0.463 e. The van der Waals surface area contributed by atoms with Crippen molar-refractivity contribution in [1.29, 1.82) is 0 Å². The first-order valence-corrected chi connectivity index (χ1v) is 8.43. The summed E-state index contributed by atoms with van der Waals surface area (Å²) in [7, 11) is 0. The van der Waals surface area contributed by atoms with E-state index >= 15 is 0 Å². The molecule has 0 fully saturated rings. The van der Waals surface area contributed by atoms with Crippen LogP contribution >= 0.6 is 23.1 Å². The quantitative estimate of drug-likeness (QED) is 0.776. The van der Waals surface area contributed by atoms with Gasteiger partial charge >= 0.3 is 0 Å². The van der Waals surface area contributed by atoms with E-state index in [4.69, 9.17) is 4.42 Å². The van der Waals surface area contributed by atoms with Gasteiger partial charge in [-0.25, -0.2) is 0 Å². The summed E-state index contributed by atoms with van der Waals surface area (Å²) in [4.78, 5) is 0. The van der Waals surface area contributed by atoms with Crippen LogP contribution in [0.3, 0.4) is 0 Å². The van der Waals surface area contributed by atoms with Gasteiger partial charge in [0.25, 0.3) is 5.76 Å². The molecule has 8 heteroatoms. The zero-order chi connectivity index (χ0) is 15.2. The lowest BCUT2D eigenvalue weighted by molar-refractivity contribution is 0.251. The highest BCUT2D eigenvalue weighted by molar-refractivity contribution is 7.98. The highest BCUT2D eigenvalue weighted by Crippen LogP contribution is 2.22. The van der Waals surface area contributed by atoms with Crippen molar-refractivity contribution in [3.8, 4) is 0 Å². The van der Waals surface area contributed by atoms with Gasteiger partial charge in [0.1, 0.15) is 16.5 Å². The number of thioether (sulfide) groups is 1. The number of alkyl halides is 2. The topological polar surface area (TPSA) is 51.0 Å². The predicted molar refractivity (Wildman–Crippen MR) is 81.8 cm³/mol. The normalized spacial score (nSPS) is 11.5. The van der Waals surface area contributed by atoms with Crippen LogP contribution in [0, 0.1) is 5.92 Å². The molecule has 2 heterocycles. The highest BCUT2D eigenvalue weighted by atomic mass is 32.2. The molecule has 2 rings (SSSR count). The van der Waals surface area contributed by atoms with Gasteiger partial charge in [-0.05, 0) is 18.1 Å². The van der Waals surface area contributed by atoms with Crippen molar-refractivity contribution >= 4 is 28.2 Å². The van der Waals surface area contributed by atoms with Crippen molar-refractivity contribution in [2.45, 2.75) is 38.3 Å². The summed E-state index contributed by atoms with van der Waals surface area (Å²) in [6, 6.07) is 3.50. The molecule has 0 atom stereocenters. The van der Waals surface area contributed by atoms with Crippen molar-refractivity contribution in [2.24, 2.45) is 5.92 Å². The molecule has 0 aliphatic heterocycles. The van der Waals surface area contributed by atoms with Crippen LogP contribution in [0.2, 0.25) is 0 Å².